The topological polar surface area (TPSA) is 129 Å². The number of alkyl halides is 2. The largest absolute Gasteiger partial charge is 0.497 e. The van der Waals surface area contributed by atoms with Crippen LogP contribution >= 0.6 is 0 Å². The lowest BCUT2D eigenvalue weighted by atomic mass is 9.90. The van der Waals surface area contributed by atoms with Crippen LogP contribution in [0.3, 0.4) is 0 Å². The Morgan fingerprint density at radius 3 is 2.28 bits per heavy atom. The molecule has 238 valence electrons. The first-order chi connectivity index (χ1) is 20.4. The average molecular weight is 607 g/mol. The minimum Gasteiger partial charge on any atom is -0.497 e. The summed E-state index contributed by atoms with van der Waals surface area (Å²) in [6, 6.07) is 4.23. The number of likely N-dealkylation sites (tertiary alicyclic amines) is 1. The molecule has 4 atom stereocenters. The van der Waals surface area contributed by atoms with Gasteiger partial charge < -0.3 is 25.4 Å². The van der Waals surface area contributed by atoms with E-state index in [4.69, 9.17) is 9.47 Å². The van der Waals surface area contributed by atoms with Crippen molar-refractivity contribution in [1.29, 1.82) is 0 Å². The third-order valence-electron chi connectivity index (χ3n) is 8.62. The number of benzene rings is 1. The number of hydrogen-bond acceptors (Lipinski definition) is 7. The fourth-order valence-corrected chi connectivity index (χ4v) is 5.94. The number of epoxide rings is 1. The minimum atomic E-state index is -2.84. The Labute approximate surface area is 251 Å². The van der Waals surface area contributed by atoms with Crippen molar-refractivity contribution in [1.82, 2.24) is 20.9 Å². The van der Waals surface area contributed by atoms with Crippen molar-refractivity contribution in [2.24, 2.45) is 5.92 Å². The molecular formula is C31H44F2N4O6. The maximum atomic E-state index is 13.7. The van der Waals surface area contributed by atoms with E-state index in [1.807, 2.05) is 0 Å². The molecule has 43 heavy (non-hydrogen) atoms. The molecule has 12 heteroatoms. The van der Waals surface area contributed by atoms with Crippen LogP contribution in [-0.2, 0) is 30.3 Å². The zero-order valence-electron chi connectivity index (χ0n) is 25.3. The van der Waals surface area contributed by atoms with Gasteiger partial charge in [-0.1, -0.05) is 37.8 Å². The average Bonchev–Trinajstić information content (AvgIpc) is 3.49. The number of nitrogens with zero attached hydrogens (tertiary/aromatic N) is 1. The molecule has 2 heterocycles. The smallest absolute Gasteiger partial charge is 0.260 e. The monoisotopic (exact) mass is 606 g/mol. The lowest BCUT2D eigenvalue weighted by molar-refractivity contribution is -0.134. The molecule has 4 rings (SSSR count). The van der Waals surface area contributed by atoms with Crippen molar-refractivity contribution in [2.75, 3.05) is 33.4 Å². The van der Waals surface area contributed by atoms with Crippen LogP contribution in [0.1, 0.15) is 64.4 Å². The SMILES string of the molecule is COc1ccc(C[C@H](NC(=O)[C@H](C)NC(=O)CN2CCCC(F)(F)C2)C(=O)N[C@@H](CC2CCCC2)C(=O)[C@]2(C)CO2)cc1. The Morgan fingerprint density at radius 2 is 1.67 bits per heavy atom. The number of Topliss-reactive ketones (excluding diaryl/α,β-unsaturated/α-hetero) is 1. The van der Waals surface area contributed by atoms with Crippen LogP contribution in [0.4, 0.5) is 8.78 Å². The number of nitrogens with one attached hydrogen (secondary N) is 3. The lowest BCUT2D eigenvalue weighted by Gasteiger charge is -2.32. The highest BCUT2D eigenvalue weighted by Crippen LogP contribution is 2.33. The number of rotatable bonds is 14. The highest BCUT2D eigenvalue weighted by atomic mass is 19.3. The molecular weight excluding hydrogens is 562 g/mol. The summed E-state index contributed by atoms with van der Waals surface area (Å²) in [7, 11) is 1.55. The predicted octanol–water partition coefficient (Wildman–Crippen LogP) is 2.38. The number of halogens is 2. The number of piperidine rings is 1. The highest BCUT2D eigenvalue weighted by molar-refractivity contribution is 5.98. The molecule has 3 amide bonds. The van der Waals surface area contributed by atoms with Gasteiger partial charge in [0.1, 0.15) is 23.4 Å². The Bertz CT molecular complexity index is 1150. The summed E-state index contributed by atoms with van der Waals surface area (Å²) in [5, 5.41) is 8.20. The molecule has 0 spiro atoms. The lowest BCUT2D eigenvalue weighted by Crippen LogP contribution is -2.57. The Kier molecular flexibility index (Phi) is 10.8. The number of amides is 3. The molecule has 1 aromatic rings. The number of carbonyl (C=O) groups is 4. The Balaban J connectivity index is 1.43. The number of ether oxygens (including phenoxy) is 2. The van der Waals surface area contributed by atoms with E-state index in [9.17, 15) is 28.0 Å². The summed E-state index contributed by atoms with van der Waals surface area (Å²) in [4.78, 5) is 54.2. The minimum absolute atomic E-state index is 0.128. The second-order valence-corrected chi connectivity index (χ2v) is 12.4. The van der Waals surface area contributed by atoms with Gasteiger partial charge in [0.25, 0.3) is 5.92 Å². The first kappa shape index (κ1) is 32.8. The summed E-state index contributed by atoms with van der Waals surface area (Å²) in [5.41, 5.74) is -0.164. The van der Waals surface area contributed by atoms with Crippen LogP contribution < -0.4 is 20.7 Å². The number of methoxy groups -OCH3 is 1. The number of carbonyl (C=O) groups excluding carboxylic acids is 4. The Hall–Kier alpha value is -3.12. The maximum absolute atomic E-state index is 13.7. The van der Waals surface area contributed by atoms with Crippen molar-refractivity contribution in [3.8, 4) is 5.75 Å². The van der Waals surface area contributed by atoms with Gasteiger partial charge in [-0.2, -0.15) is 0 Å². The van der Waals surface area contributed by atoms with E-state index in [1.165, 1.54) is 11.8 Å². The van der Waals surface area contributed by atoms with Gasteiger partial charge in [0.2, 0.25) is 17.7 Å². The second-order valence-electron chi connectivity index (χ2n) is 12.4. The summed E-state index contributed by atoms with van der Waals surface area (Å²) in [6.45, 7) is 3.11. The first-order valence-corrected chi connectivity index (χ1v) is 15.2. The molecule has 0 radical (unpaired) electrons. The normalized spacial score (nSPS) is 23.9. The molecule has 3 fully saturated rings. The van der Waals surface area contributed by atoms with E-state index < -0.39 is 53.9 Å². The Morgan fingerprint density at radius 1 is 1.02 bits per heavy atom. The molecule has 1 aromatic carbocycles. The van der Waals surface area contributed by atoms with Gasteiger partial charge in [0, 0.05) is 12.8 Å². The molecule has 1 aliphatic carbocycles. The summed E-state index contributed by atoms with van der Waals surface area (Å²) in [6.07, 6.45) is 4.89. The van der Waals surface area contributed by atoms with Gasteiger partial charge in [-0.15, -0.1) is 0 Å². The quantitative estimate of drug-likeness (QED) is 0.278. The van der Waals surface area contributed by atoms with E-state index in [2.05, 4.69) is 16.0 Å². The van der Waals surface area contributed by atoms with Crippen LogP contribution in [0.15, 0.2) is 24.3 Å². The second kappa shape index (κ2) is 14.1. The molecule has 3 aliphatic rings. The van der Waals surface area contributed by atoms with Crippen LogP contribution in [0, 0.1) is 5.92 Å². The summed E-state index contributed by atoms with van der Waals surface area (Å²) < 4.78 is 38.1. The van der Waals surface area contributed by atoms with Crippen LogP contribution in [0.25, 0.3) is 0 Å². The maximum Gasteiger partial charge on any atom is 0.260 e. The first-order valence-electron chi connectivity index (χ1n) is 15.2. The van der Waals surface area contributed by atoms with E-state index in [0.29, 0.717) is 31.2 Å². The molecule has 0 aromatic heterocycles. The molecule has 0 bridgehead atoms. The van der Waals surface area contributed by atoms with Crippen molar-refractivity contribution in [3.63, 3.8) is 0 Å². The van der Waals surface area contributed by atoms with Gasteiger partial charge in [-0.3, -0.25) is 24.1 Å². The number of hydrogen-bond donors (Lipinski definition) is 3. The van der Waals surface area contributed by atoms with Crippen molar-refractivity contribution in [2.45, 2.75) is 94.9 Å². The highest BCUT2D eigenvalue weighted by Gasteiger charge is 2.50. The predicted molar refractivity (Wildman–Crippen MR) is 155 cm³/mol. The van der Waals surface area contributed by atoms with Gasteiger partial charge in [0.05, 0.1) is 32.8 Å². The summed E-state index contributed by atoms with van der Waals surface area (Å²) in [5.74, 6) is -3.75. The zero-order chi connectivity index (χ0) is 31.2. The van der Waals surface area contributed by atoms with E-state index >= 15 is 0 Å². The third-order valence-corrected chi connectivity index (χ3v) is 8.62. The fourth-order valence-electron chi connectivity index (χ4n) is 5.94. The molecule has 10 nitrogen and oxygen atoms in total. The molecule has 3 N–H and O–H groups in total. The van der Waals surface area contributed by atoms with Crippen LogP contribution in [0.5, 0.6) is 5.75 Å². The van der Waals surface area contributed by atoms with Gasteiger partial charge >= 0.3 is 0 Å². The van der Waals surface area contributed by atoms with E-state index in [-0.39, 0.29) is 31.6 Å². The van der Waals surface area contributed by atoms with Gasteiger partial charge in [-0.05, 0) is 56.8 Å². The third kappa shape index (κ3) is 9.43. The molecule has 1 saturated carbocycles. The number of ketones is 1. The van der Waals surface area contributed by atoms with Crippen LogP contribution in [0.2, 0.25) is 0 Å². The molecule has 2 saturated heterocycles. The fraction of sp³-hybridized carbons (Fsp3) is 0.677. The molecule has 2 aliphatic heterocycles. The van der Waals surface area contributed by atoms with Gasteiger partial charge in [0.15, 0.2) is 5.78 Å². The van der Waals surface area contributed by atoms with Crippen molar-refractivity contribution in [3.05, 3.63) is 29.8 Å². The van der Waals surface area contributed by atoms with Crippen LogP contribution in [-0.4, -0.2) is 91.4 Å². The van der Waals surface area contributed by atoms with Gasteiger partial charge in [-0.25, -0.2) is 8.78 Å². The van der Waals surface area contributed by atoms with Crippen molar-refractivity contribution < 1.29 is 37.4 Å². The van der Waals surface area contributed by atoms with Crippen molar-refractivity contribution >= 4 is 23.5 Å². The zero-order valence-corrected chi connectivity index (χ0v) is 25.3. The standard InChI is InChI=1S/C31H44F2N4O6/c1-20(34-26(38)17-37-14-6-13-31(32,33)18-37)28(40)36-25(16-22-9-11-23(42-3)12-10-22)29(41)35-24(15-21-7-4-5-8-21)27(39)30(2)19-43-30/h9-12,20-21,24-25H,4-8,13-19H2,1-3H3,(H,34,38)(H,35,41)(H,36,40)/t20-,24-,25-,30-/m0/s1. The van der Waals surface area contributed by atoms with E-state index in [1.54, 1.807) is 38.3 Å². The summed E-state index contributed by atoms with van der Waals surface area (Å²) >= 11 is 0. The molecule has 0 unspecified atom stereocenters. The van der Waals surface area contributed by atoms with E-state index in [0.717, 1.165) is 31.2 Å².